The van der Waals surface area contributed by atoms with Crippen LogP contribution in [0.25, 0.3) is 11.1 Å². The molecule has 0 aliphatic carbocycles. The van der Waals surface area contributed by atoms with Gasteiger partial charge < -0.3 is 0 Å². The minimum Gasteiger partial charge on any atom is -0.205 e. The van der Waals surface area contributed by atoms with Crippen LogP contribution in [0.3, 0.4) is 0 Å². The van der Waals surface area contributed by atoms with E-state index in [9.17, 15) is 4.39 Å². The summed E-state index contributed by atoms with van der Waals surface area (Å²) in [6.45, 7) is 0. The van der Waals surface area contributed by atoms with Gasteiger partial charge in [-0.15, -0.1) is 0 Å². The van der Waals surface area contributed by atoms with Crippen molar-refractivity contribution in [3.05, 3.63) is 56.2 Å². The third-order valence-corrected chi connectivity index (χ3v) is 4.34. The maximum absolute atomic E-state index is 13.3. The van der Waals surface area contributed by atoms with Gasteiger partial charge >= 0.3 is 0 Å². The van der Waals surface area contributed by atoms with Gasteiger partial charge in [0, 0.05) is 14.5 Å². The highest BCUT2D eigenvalue weighted by Crippen LogP contribution is 2.33. The summed E-state index contributed by atoms with van der Waals surface area (Å²) in [5.41, 5.74) is 1.38. The minimum atomic E-state index is -0.436. The predicted octanol–water partition coefficient (Wildman–Crippen LogP) is 5.47. The van der Waals surface area contributed by atoms with Crippen molar-refractivity contribution in [1.29, 1.82) is 0 Å². The lowest BCUT2D eigenvalue weighted by molar-refractivity contribution is 0.628. The van der Waals surface area contributed by atoms with Crippen LogP contribution in [0.4, 0.5) is 4.39 Å². The zero-order valence-electron chi connectivity index (χ0n) is 7.90. The van der Waals surface area contributed by atoms with E-state index in [-0.39, 0.29) is 5.02 Å². The average molecular weight is 363 g/mol. The molecule has 2 rings (SSSR count). The summed E-state index contributed by atoms with van der Waals surface area (Å²) in [4.78, 5) is 0. The standard InChI is InChI=1S/C12H5Br2ClF/c13-9-5-4-7(6-10(9)14)8-2-1-3-11(16)12(8)15/h1,3-6H. The van der Waals surface area contributed by atoms with E-state index in [1.54, 1.807) is 0 Å². The van der Waals surface area contributed by atoms with Crippen molar-refractivity contribution in [1.82, 2.24) is 0 Å². The molecule has 0 aliphatic heterocycles. The quantitative estimate of drug-likeness (QED) is 0.630. The van der Waals surface area contributed by atoms with Gasteiger partial charge in [0.1, 0.15) is 5.82 Å². The fourth-order valence-corrected chi connectivity index (χ4v) is 2.17. The van der Waals surface area contributed by atoms with Crippen molar-refractivity contribution in [2.75, 3.05) is 0 Å². The summed E-state index contributed by atoms with van der Waals surface area (Å²) in [5.74, 6) is -0.436. The highest BCUT2D eigenvalue weighted by Gasteiger charge is 2.09. The van der Waals surface area contributed by atoms with E-state index in [1.807, 2.05) is 18.2 Å². The molecule has 81 valence electrons. The van der Waals surface area contributed by atoms with Gasteiger partial charge in [0.15, 0.2) is 0 Å². The van der Waals surface area contributed by atoms with Gasteiger partial charge in [0.05, 0.1) is 5.02 Å². The second-order valence-corrected chi connectivity index (χ2v) is 5.23. The van der Waals surface area contributed by atoms with Gasteiger partial charge in [-0.2, -0.15) is 0 Å². The van der Waals surface area contributed by atoms with E-state index in [2.05, 4.69) is 37.9 Å². The number of rotatable bonds is 1. The number of hydrogen-bond donors (Lipinski definition) is 0. The van der Waals surface area contributed by atoms with Gasteiger partial charge in [0.25, 0.3) is 0 Å². The molecule has 0 saturated carbocycles. The Bertz CT molecular complexity index is 541. The summed E-state index contributed by atoms with van der Waals surface area (Å²) >= 11 is 12.6. The molecule has 0 spiro atoms. The molecule has 1 radical (unpaired) electrons. The molecule has 16 heavy (non-hydrogen) atoms. The highest BCUT2D eigenvalue weighted by atomic mass is 79.9. The van der Waals surface area contributed by atoms with Gasteiger partial charge in [0.2, 0.25) is 0 Å². The first-order valence-electron chi connectivity index (χ1n) is 4.40. The lowest BCUT2D eigenvalue weighted by Crippen LogP contribution is -1.84. The number of hydrogen-bond acceptors (Lipinski definition) is 0. The molecule has 4 heteroatoms. The molecule has 0 saturated heterocycles. The van der Waals surface area contributed by atoms with Gasteiger partial charge in [-0.25, -0.2) is 4.39 Å². The summed E-state index contributed by atoms with van der Waals surface area (Å²) < 4.78 is 15.1. The fourth-order valence-electron chi connectivity index (χ4n) is 1.32. The number of halogens is 4. The summed E-state index contributed by atoms with van der Waals surface area (Å²) in [6, 6.07) is 11.3. The van der Waals surface area contributed by atoms with Crippen molar-refractivity contribution >= 4 is 43.5 Å². The molecule has 0 amide bonds. The van der Waals surface area contributed by atoms with Crippen LogP contribution in [0.5, 0.6) is 0 Å². The van der Waals surface area contributed by atoms with Crippen molar-refractivity contribution < 1.29 is 4.39 Å². The normalized spacial score (nSPS) is 10.5. The Morgan fingerprint density at radius 1 is 1.12 bits per heavy atom. The van der Waals surface area contributed by atoms with E-state index in [1.165, 1.54) is 12.1 Å². The number of benzene rings is 2. The molecule has 2 aromatic rings. The summed E-state index contributed by atoms with van der Waals surface area (Å²) in [7, 11) is 0. The van der Waals surface area contributed by atoms with E-state index in [0.717, 1.165) is 14.5 Å². The van der Waals surface area contributed by atoms with Crippen molar-refractivity contribution in [2.45, 2.75) is 0 Å². The van der Waals surface area contributed by atoms with Gasteiger partial charge in [-0.1, -0.05) is 23.7 Å². The molecule has 0 fully saturated rings. The van der Waals surface area contributed by atoms with Crippen LogP contribution in [0.1, 0.15) is 0 Å². The molecule has 0 nitrogen and oxygen atoms in total. The van der Waals surface area contributed by atoms with Crippen LogP contribution in [-0.2, 0) is 0 Å². The van der Waals surface area contributed by atoms with Crippen LogP contribution < -0.4 is 0 Å². The van der Waals surface area contributed by atoms with Gasteiger partial charge in [-0.3, -0.25) is 0 Å². The largest absolute Gasteiger partial charge is 0.205 e. The molecule has 0 heterocycles. The predicted molar refractivity (Wildman–Crippen MR) is 71.1 cm³/mol. The van der Waals surface area contributed by atoms with Crippen LogP contribution in [0.15, 0.2) is 39.3 Å². The van der Waals surface area contributed by atoms with Crippen molar-refractivity contribution in [2.24, 2.45) is 0 Å². The molecule has 0 N–H and O–H groups in total. The Morgan fingerprint density at radius 2 is 1.88 bits per heavy atom. The second kappa shape index (κ2) is 4.86. The van der Waals surface area contributed by atoms with Gasteiger partial charge in [-0.05, 0) is 61.7 Å². The Balaban J connectivity index is 2.59. The second-order valence-electron chi connectivity index (χ2n) is 3.14. The Kier molecular flexibility index (Phi) is 3.67. The Morgan fingerprint density at radius 3 is 2.56 bits per heavy atom. The molecule has 0 aromatic heterocycles. The van der Waals surface area contributed by atoms with Crippen molar-refractivity contribution in [3.8, 4) is 11.1 Å². The van der Waals surface area contributed by atoms with Crippen LogP contribution in [0, 0.1) is 11.9 Å². The molecule has 0 bridgehead atoms. The van der Waals surface area contributed by atoms with E-state index >= 15 is 0 Å². The summed E-state index contributed by atoms with van der Waals surface area (Å²) in [6.07, 6.45) is 0. The van der Waals surface area contributed by atoms with Crippen LogP contribution in [0.2, 0.25) is 5.02 Å². The monoisotopic (exact) mass is 361 g/mol. The lowest BCUT2D eigenvalue weighted by atomic mass is 10.1. The van der Waals surface area contributed by atoms with Crippen LogP contribution in [-0.4, -0.2) is 0 Å². The maximum atomic E-state index is 13.3. The Labute approximate surface area is 115 Å². The summed E-state index contributed by atoms with van der Waals surface area (Å²) in [5, 5.41) is 0.0942. The SMILES string of the molecule is Fc1cc[c]c(-c2ccc(Br)c(Br)c2)c1Cl. The van der Waals surface area contributed by atoms with E-state index in [0.29, 0.717) is 5.56 Å². The first-order valence-corrected chi connectivity index (χ1v) is 6.37. The average Bonchev–Trinajstić information content (AvgIpc) is 2.26. The third kappa shape index (κ3) is 2.31. The highest BCUT2D eigenvalue weighted by molar-refractivity contribution is 9.13. The molecular formula is C12H5Br2ClF. The topological polar surface area (TPSA) is 0 Å². The maximum Gasteiger partial charge on any atom is 0.142 e. The Hall–Kier alpha value is -0.380. The van der Waals surface area contributed by atoms with Crippen molar-refractivity contribution in [3.63, 3.8) is 0 Å². The molecule has 0 aliphatic rings. The zero-order chi connectivity index (χ0) is 11.7. The third-order valence-electron chi connectivity index (χ3n) is 2.09. The minimum absolute atomic E-state index is 0.0942. The van der Waals surface area contributed by atoms with E-state index < -0.39 is 5.82 Å². The first kappa shape index (κ1) is 12.1. The van der Waals surface area contributed by atoms with E-state index in [4.69, 9.17) is 11.6 Å². The molecular weight excluding hydrogens is 358 g/mol. The fraction of sp³-hybridized carbons (Fsp3) is 0. The lowest BCUT2D eigenvalue weighted by Gasteiger charge is -2.06. The zero-order valence-corrected chi connectivity index (χ0v) is 11.8. The first-order chi connectivity index (χ1) is 7.59. The molecule has 0 atom stereocenters. The molecule has 0 unspecified atom stereocenters. The smallest absolute Gasteiger partial charge is 0.142 e. The van der Waals surface area contributed by atoms with Crippen LogP contribution >= 0.6 is 43.5 Å². The molecule has 2 aromatic carbocycles.